The van der Waals surface area contributed by atoms with Gasteiger partial charge in [0.15, 0.2) is 13.2 Å². The first-order valence-corrected chi connectivity index (χ1v) is 9.85. The van der Waals surface area contributed by atoms with Gasteiger partial charge in [-0.05, 0) is 64.7 Å². The summed E-state index contributed by atoms with van der Waals surface area (Å²) in [6, 6.07) is 11.2. The minimum Gasteiger partial charge on any atom is -0.484 e. The summed E-state index contributed by atoms with van der Waals surface area (Å²) in [7, 11) is 0. The standard InChI is InChI=1S/C19H20Br2N2O4/c1-3-13-5-4-6-15(8-13)26-10-17(24)22-23-18(25)11-27-19-12(2)7-14(20)9-16(19)21/h4-9H,3,10-11H2,1-2H3,(H,22,24)(H,23,25). The van der Waals surface area contributed by atoms with E-state index in [9.17, 15) is 9.59 Å². The number of amides is 2. The van der Waals surface area contributed by atoms with Crippen molar-refractivity contribution in [1.82, 2.24) is 10.9 Å². The molecule has 2 N–H and O–H groups in total. The van der Waals surface area contributed by atoms with Crippen LogP contribution in [0.4, 0.5) is 0 Å². The smallest absolute Gasteiger partial charge is 0.276 e. The molecule has 2 amide bonds. The normalized spacial score (nSPS) is 10.2. The monoisotopic (exact) mass is 498 g/mol. The lowest BCUT2D eigenvalue weighted by Gasteiger charge is -2.12. The van der Waals surface area contributed by atoms with E-state index in [0.29, 0.717) is 11.5 Å². The van der Waals surface area contributed by atoms with Crippen molar-refractivity contribution in [1.29, 1.82) is 0 Å². The first kappa shape index (κ1) is 21.2. The van der Waals surface area contributed by atoms with Crippen LogP contribution in [0.25, 0.3) is 0 Å². The van der Waals surface area contributed by atoms with Gasteiger partial charge in [-0.1, -0.05) is 35.0 Å². The van der Waals surface area contributed by atoms with Gasteiger partial charge < -0.3 is 9.47 Å². The molecule has 144 valence electrons. The van der Waals surface area contributed by atoms with Crippen LogP contribution in [0.2, 0.25) is 0 Å². The molecule has 0 aromatic heterocycles. The van der Waals surface area contributed by atoms with E-state index in [1.54, 1.807) is 6.07 Å². The first-order valence-electron chi connectivity index (χ1n) is 8.27. The van der Waals surface area contributed by atoms with Gasteiger partial charge in [-0.25, -0.2) is 0 Å². The third-order valence-corrected chi connectivity index (χ3v) is 4.61. The van der Waals surface area contributed by atoms with Crippen LogP contribution in [0.1, 0.15) is 18.1 Å². The van der Waals surface area contributed by atoms with Gasteiger partial charge in [-0.2, -0.15) is 0 Å². The average Bonchev–Trinajstić information content (AvgIpc) is 2.64. The van der Waals surface area contributed by atoms with Gasteiger partial charge in [0.05, 0.1) is 4.47 Å². The summed E-state index contributed by atoms with van der Waals surface area (Å²) in [6.07, 6.45) is 0.882. The number of hydrogen-bond donors (Lipinski definition) is 2. The second-order valence-corrected chi connectivity index (χ2v) is 7.48. The van der Waals surface area contributed by atoms with Gasteiger partial charge in [-0.3, -0.25) is 20.4 Å². The quantitative estimate of drug-likeness (QED) is 0.569. The van der Waals surface area contributed by atoms with Crippen LogP contribution >= 0.6 is 31.9 Å². The molecule has 6 nitrogen and oxygen atoms in total. The molecule has 27 heavy (non-hydrogen) atoms. The van der Waals surface area contributed by atoms with Crippen molar-refractivity contribution < 1.29 is 19.1 Å². The van der Waals surface area contributed by atoms with Crippen molar-refractivity contribution in [3.8, 4) is 11.5 Å². The molecule has 2 aromatic carbocycles. The van der Waals surface area contributed by atoms with Gasteiger partial charge in [0, 0.05) is 4.47 Å². The summed E-state index contributed by atoms with van der Waals surface area (Å²) in [6.45, 7) is 3.47. The SMILES string of the molecule is CCc1cccc(OCC(=O)NNC(=O)COc2c(C)cc(Br)cc2Br)c1. The van der Waals surface area contributed by atoms with Gasteiger partial charge in [0.25, 0.3) is 11.8 Å². The lowest BCUT2D eigenvalue weighted by Crippen LogP contribution is -2.45. The minimum atomic E-state index is -0.481. The van der Waals surface area contributed by atoms with Crippen LogP contribution in [0.3, 0.4) is 0 Å². The molecule has 0 spiro atoms. The average molecular weight is 500 g/mol. The summed E-state index contributed by atoms with van der Waals surface area (Å²) in [4.78, 5) is 23.6. The van der Waals surface area contributed by atoms with Gasteiger partial charge in [-0.15, -0.1) is 0 Å². The van der Waals surface area contributed by atoms with E-state index < -0.39 is 11.8 Å². The molecule has 0 aliphatic heterocycles. The summed E-state index contributed by atoms with van der Waals surface area (Å²) in [5, 5.41) is 0. The van der Waals surface area contributed by atoms with Crippen LogP contribution < -0.4 is 20.3 Å². The maximum atomic E-state index is 11.9. The maximum absolute atomic E-state index is 11.9. The van der Waals surface area contributed by atoms with Crippen molar-refractivity contribution in [3.05, 3.63) is 56.5 Å². The molecular weight excluding hydrogens is 480 g/mol. The van der Waals surface area contributed by atoms with Crippen LogP contribution in [0.5, 0.6) is 11.5 Å². The van der Waals surface area contributed by atoms with E-state index in [1.165, 1.54) is 0 Å². The van der Waals surface area contributed by atoms with Crippen LogP contribution in [-0.4, -0.2) is 25.0 Å². The Kier molecular flexibility index (Phi) is 8.12. The predicted octanol–water partition coefficient (Wildman–Crippen LogP) is 3.69. The molecule has 0 saturated carbocycles. The van der Waals surface area contributed by atoms with E-state index in [-0.39, 0.29) is 13.2 Å². The molecule has 0 aliphatic carbocycles. The summed E-state index contributed by atoms with van der Waals surface area (Å²) in [5.41, 5.74) is 6.58. The van der Waals surface area contributed by atoms with Crippen LogP contribution in [-0.2, 0) is 16.0 Å². The number of nitrogens with one attached hydrogen (secondary N) is 2. The Hall–Kier alpha value is -2.06. The Labute approximate surface area is 174 Å². The fraction of sp³-hybridized carbons (Fsp3) is 0.263. The van der Waals surface area contributed by atoms with E-state index in [0.717, 1.165) is 26.5 Å². The number of aryl methyl sites for hydroxylation is 2. The highest BCUT2D eigenvalue weighted by molar-refractivity contribution is 9.11. The van der Waals surface area contributed by atoms with Crippen molar-refractivity contribution in [2.75, 3.05) is 13.2 Å². The Morgan fingerprint density at radius 1 is 1.00 bits per heavy atom. The molecule has 0 heterocycles. The summed E-state index contributed by atoms with van der Waals surface area (Å²) >= 11 is 6.77. The van der Waals surface area contributed by atoms with Crippen molar-refractivity contribution in [3.63, 3.8) is 0 Å². The number of carbonyl (C=O) groups is 2. The van der Waals surface area contributed by atoms with E-state index >= 15 is 0 Å². The van der Waals surface area contributed by atoms with Crippen LogP contribution in [0, 0.1) is 6.92 Å². The Bertz CT molecular complexity index is 804. The molecule has 2 aromatic rings. The second-order valence-electron chi connectivity index (χ2n) is 5.71. The number of hydrazine groups is 1. The number of hydrogen-bond acceptors (Lipinski definition) is 4. The molecule has 0 unspecified atom stereocenters. The number of carbonyl (C=O) groups excluding carboxylic acids is 2. The maximum Gasteiger partial charge on any atom is 0.276 e. The third-order valence-electron chi connectivity index (χ3n) is 3.56. The third kappa shape index (κ3) is 6.88. The molecule has 0 atom stereocenters. The zero-order valence-corrected chi connectivity index (χ0v) is 18.1. The topological polar surface area (TPSA) is 76.7 Å². The zero-order valence-electron chi connectivity index (χ0n) is 15.0. The molecule has 0 aliphatic rings. The number of ether oxygens (including phenoxy) is 2. The molecule has 2 rings (SSSR count). The largest absolute Gasteiger partial charge is 0.484 e. The molecule has 0 radical (unpaired) electrons. The first-order chi connectivity index (χ1) is 12.9. The molecule has 0 bridgehead atoms. The Balaban J connectivity index is 1.74. The Morgan fingerprint density at radius 2 is 1.67 bits per heavy atom. The lowest BCUT2D eigenvalue weighted by atomic mass is 10.2. The second kappa shape index (κ2) is 10.3. The highest BCUT2D eigenvalue weighted by atomic mass is 79.9. The van der Waals surface area contributed by atoms with E-state index in [1.807, 2.05) is 44.2 Å². The van der Waals surface area contributed by atoms with Crippen molar-refractivity contribution >= 4 is 43.7 Å². The van der Waals surface area contributed by atoms with Crippen LogP contribution in [0.15, 0.2) is 45.3 Å². The van der Waals surface area contributed by atoms with Gasteiger partial charge in [0.2, 0.25) is 0 Å². The molecule has 0 saturated heterocycles. The molecule has 8 heteroatoms. The number of benzene rings is 2. The molecular formula is C19H20Br2N2O4. The number of halogens is 2. The predicted molar refractivity (Wildman–Crippen MR) is 110 cm³/mol. The summed E-state index contributed by atoms with van der Waals surface area (Å²) in [5.74, 6) is 0.227. The summed E-state index contributed by atoms with van der Waals surface area (Å²) < 4.78 is 12.6. The minimum absolute atomic E-state index is 0.203. The molecule has 0 fully saturated rings. The number of rotatable bonds is 7. The lowest BCUT2D eigenvalue weighted by molar-refractivity contribution is -0.131. The highest BCUT2D eigenvalue weighted by Gasteiger charge is 2.11. The fourth-order valence-electron chi connectivity index (χ4n) is 2.23. The Morgan fingerprint density at radius 3 is 2.30 bits per heavy atom. The van der Waals surface area contributed by atoms with E-state index in [4.69, 9.17) is 9.47 Å². The highest BCUT2D eigenvalue weighted by Crippen LogP contribution is 2.32. The van der Waals surface area contributed by atoms with Crippen molar-refractivity contribution in [2.24, 2.45) is 0 Å². The van der Waals surface area contributed by atoms with Crippen molar-refractivity contribution in [2.45, 2.75) is 20.3 Å². The van der Waals surface area contributed by atoms with Gasteiger partial charge >= 0.3 is 0 Å². The fourth-order valence-corrected chi connectivity index (χ4v) is 3.78. The van der Waals surface area contributed by atoms with E-state index in [2.05, 4.69) is 42.7 Å². The zero-order chi connectivity index (χ0) is 19.8. The van der Waals surface area contributed by atoms with Gasteiger partial charge in [0.1, 0.15) is 11.5 Å².